The lowest BCUT2D eigenvalue weighted by molar-refractivity contribution is -0.137. The SMILES string of the molecule is CCOC(=O)/C=C1/C(C)CC(=O)N1Cc1ccc(-c2ccccc2-c2nn[nH]n2)cc1. The molecule has 0 bridgehead atoms. The number of esters is 1. The minimum atomic E-state index is -0.419. The Morgan fingerprint density at radius 3 is 2.61 bits per heavy atom. The van der Waals surface area contributed by atoms with E-state index in [1.807, 2.05) is 55.5 Å². The molecule has 4 rings (SSSR count). The summed E-state index contributed by atoms with van der Waals surface area (Å²) in [5.41, 5.74) is 4.55. The monoisotopic (exact) mass is 417 g/mol. The van der Waals surface area contributed by atoms with Gasteiger partial charge in [-0.1, -0.05) is 55.5 Å². The number of benzene rings is 2. The van der Waals surface area contributed by atoms with Crippen molar-refractivity contribution in [2.75, 3.05) is 6.61 Å². The number of nitrogens with one attached hydrogen (secondary N) is 1. The van der Waals surface area contributed by atoms with Gasteiger partial charge < -0.3 is 9.64 Å². The summed E-state index contributed by atoms with van der Waals surface area (Å²) >= 11 is 0. The van der Waals surface area contributed by atoms with Gasteiger partial charge in [0.15, 0.2) is 0 Å². The molecule has 1 aliphatic heterocycles. The van der Waals surface area contributed by atoms with Gasteiger partial charge in [0.25, 0.3) is 0 Å². The molecule has 1 unspecified atom stereocenters. The third kappa shape index (κ3) is 4.37. The maximum Gasteiger partial charge on any atom is 0.332 e. The molecule has 1 N–H and O–H groups in total. The molecule has 0 radical (unpaired) electrons. The lowest BCUT2D eigenvalue weighted by Crippen LogP contribution is -2.24. The van der Waals surface area contributed by atoms with Crippen LogP contribution in [0.3, 0.4) is 0 Å². The number of ether oxygens (including phenoxy) is 1. The van der Waals surface area contributed by atoms with Gasteiger partial charge >= 0.3 is 5.97 Å². The molecule has 31 heavy (non-hydrogen) atoms. The number of aromatic amines is 1. The number of H-pyrrole nitrogens is 1. The Balaban J connectivity index is 1.57. The Hall–Kier alpha value is -3.81. The number of hydrogen-bond donors (Lipinski definition) is 1. The van der Waals surface area contributed by atoms with Crippen LogP contribution >= 0.6 is 0 Å². The van der Waals surface area contributed by atoms with Crippen molar-refractivity contribution >= 4 is 11.9 Å². The van der Waals surface area contributed by atoms with Crippen LogP contribution in [-0.4, -0.2) is 44.0 Å². The van der Waals surface area contributed by atoms with Crippen LogP contribution in [0.2, 0.25) is 0 Å². The number of allylic oxidation sites excluding steroid dienone is 1. The minimum absolute atomic E-state index is 0.00887. The molecule has 0 spiro atoms. The predicted molar refractivity (Wildman–Crippen MR) is 114 cm³/mol. The fourth-order valence-electron chi connectivity index (χ4n) is 3.77. The van der Waals surface area contributed by atoms with E-state index in [-0.39, 0.29) is 11.8 Å². The second kappa shape index (κ2) is 8.91. The van der Waals surface area contributed by atoms with Crippen molar-refractivity contribution in [1.82, 2.24) is 25.5 Å². The van der Waals surface area contributed by atoms with Gasteiger partial charge in [0.2, 0.25) is 11.7 Å². The molecule has 158 valence electrons. The van der Waals surface area contributed by atoms with Crippen molar-refractivity contribution in [3.63, 3.8) is 0 Å². The zero-order chi connectivity index (χ0) is 21.8. The van der Waals surface area contributed by atoms with Gasteiger partial charge in [0.05, 0.1) is 13.2 Å². The van der Waals surface area contributed by atoms with Crippen LogP contribution in [0, 0.1) is 5.92 Å². The van der Waals surface area contributed by atoms with Crippen LogP contribution in [0.15, 0.2) is 60.3 Å². The number of nitrogens with zero attached hydrogens (tertiary/aromatic N) is 4. The van der Waals surface area contributed by atoms with Crippen molar-refractivity contribution in [2.24, 2.45) is 5.92 Å². The first-order valence-electron chi connectivity index (χ1n) is 10.2. The van der Waals surface area contributed by atoms with Gasteiger partial charge in [0, 0.05) is 29.7 Å². The van der Waals surface area contributed by atoms with E-state index in [9.17, 15) is 9.59 Å². The summed E-state index contributed by atoms with van der Waals surface area (Å²) in [6.07, 6.45) is 1.83. The number of amides is 1. The summed E-state index contributed by atoms with van der Waals surface area (Å²) in [4.78, 5) is 26.1. The van der Waals surface area contributed by atoms with Crippen molar-refractivity contribution < 1.29 is 14.3 Å². The molecule has 8 nitrogen and oxygen atoms in total. The Morgan fingerprint density at radius 2 is 1.94 bits per heavy atom. The van der Waals surface area contributed by atoms with Crippen LogP contribution in [-0.2, 0) is 20.9 Å². The summed E-state index contributed by atoms with van der Waals surface area (Å²) < 4.78 is 5.02. The van der Waals surface area contributed by atoms with Crippen LogP contribution in [0.1, 0.15) is 25.8 Å². The molecule has 0 saturated carbocycles. The van der Waals surface area contributed by atoms with Gasteiger partial charge in [-0.2, -0.15) is 5.21 Å². The highest BCUT2D eigenvalue weighted by Gasteiger charge is 2.32. The summed E-state index contributed by atoms with van der Waals surface area (Å²) in [6.45, 7) is 4.41. The normalized spacial score (nSPS) is 17.4. The average Bonchev–Trinajstić information content (AvgIpc) is 3.39. The number of likely N-dealkylation sites (tertiary alicyclic amines) is 1. The molecular formula is C23H23N5O3. The van der Waals surface area contributed by atoms with E-state index in [4.69, 9.17) is 4.74 Å². The number of hydrogen-bond acceptors (Lipinski definition) is 6. The fraction of sp³-hybridized carbons (Fsp3) is 0.261. The molecule has 0 aliphatic carbocycles. The highest BCUT2D eigenvalue weighted by molar-refractivity contribution is 5.88. The van der Waals surface area contributed by atoms with Gasteiger partial charge in [-0.25, -0.2) is 4.79 Å². The molecule has 1 atom stereocenters. The van der Waals surface area contributed by atoms with Crippen molar-refractivity contribution in [2.45, 2.75) is 26.8 Å². The second-order valence-electron chi connectivity index (χ2n) is 7.38. The summed E-state index contributed by atoms with van der Waals surface area (Å²) in [7, 11) is 0. The van der Waals surface area contributed by atoms with E-state index >= 15 is 0 Å². The van der Waals surface area contributed by atoms with E-state index in [0.29, 0.717) is 31.1 Å². The summed E-state index contributed by atoms with van der Waals surface area (Å²) in [5.74, 6) is 0.107. The second-order valence-corrected chi connectivity index (χ2v) is 7.38. The Morgan fingerprint density at radius 1 is 1.19 bits per heavy atom. The number of carbonyl (C=O) groups excluding carboxylic acids is 2. The molecule has 1 saturated heterocycles. The lowest BCUT2D eigenvalue weighted by atomic mass is 9.98. The highest BCUT2D eigenvalue weighted by Crippen LogP contribution is 2.32. The number of carbonyl (C=O) groups is 2. The van der Waals surface area contributed by atoms with Crippen LogP contribution in [0.25, 0.3) is 22.5 Å². The maximum atomic E-state index is 12.5. The minimum Gasteiger partial charge on any atom is -0.463 e. The summed E-state index contributed by atoms with van der Waals surface area (Å²) in [6, 6.07) is 15.8. The van der Waals surface area contributed by atoms with Crippen LogP contribution in [0.4, 0.5) is 0 Å². The highest BCUT2D eigenvalue weighted by atomic mass is 16.5. The third-order valence-electron chi connectivity index (χ3n) is 5.27. The molecule has 1 amide bonds. The zero-order valence-corrected chi connectivity index (χ0v) is 17.4. The van der Waals surface area contributed by atoms with E-state index in [1.165, 1.54) is 6.08 Å². The largest absolute Gasteiger partial charge is 0.463 e. The van der Waals surface area contributed by atoms with Gasteiger partial charge in [0.1, 0.15) is 0 Å². The topological polar surface area (TPSA) is 101 Å². The fourth-order valence-corrected chi connectivity index (χ4v) is 3.77. The van der Waals surface area contributed by atoms with E-state index in [1.54, 1.807) is 11.8 Å². The number of tetrazole rings is 1. The van der Waals surface area contributed by atoms with E-state index < -0.39 is 5.97 Å². The van der Waals surface area contributed by atoms with Crippen molar-refractivity contribution in [3.8, 4) is 22.5 Å². The first-order valence-corrected chi connectivity index (χ1v) is 10.2. The third-order valence-corrected chi connectivity index (χ3v) is 5.27. The molecule has 1 aliphatic rings. The molecule has 1 fully saturated rings. The van der Waals surface area contributed by atoms with Gasteiger partial charge in [-0.3, -0.25) is 4.79 Å². The molecule has 3 aromatic rings. The molecule has 1 aromatic heterocycles. The van der Waals surface area contributed by atoms with Gasteiger partial charge in [-0.15, -0.1) is 10.2 Å². The lowest BCUT2D eigenvalue weighted by Gasteiger charge is -2.20. The van der Waals surface area contributed by atoms with Gasteiger partial charge in [-0.05, 0) is 28.8 Å². The Labute approximate surface area is 179 Å². The van der Waals surface area contributed by atoms with Crippen LogP contribution < -0.4 is 0 Å². The Kier molecular flexibility index (Phi) is 5.88. The van der Waals surface area contributed by atoms with E-state index in [2.05, 4.69) is 20.6 Å². The number of rotatable bonds is 6. The van der Waals surface area contributed by atoms with Crippen LogP contribution in [0.5, 0.6) is 0 Å². The predicted octanol–water partition coefficient (Wildman–Crippen LogP) is 3.35. The van der Waals surface area contributed by atoms with E-state index in [0.717, 1.165) is 22.3 Å². The summed E-state index contributed by atoms with van der Waals surface area (Å²) in [5, 5.41) is 14.3. The zero-order valence-electron chi connectivity index (χ0n) is 17.4. The average molecular weight is 417 g/mol. The number of aromatic nitrogens is 4. The first-order chi connectivity index (χ1) is 15.1. The quantitative estimate of drug-likeness (QED) is 0.488. The molecular weight excluding hydrogens is 394 g/mol. The van der Waals surface area contributed by atoms with Crippen molar-refractivity contribution in [3.05, 3.63) is 65.9 Å². The molecule has 2 heterocycles. The Bertz CT molecular complexity index is 1110. The smallest absolute Gasteiger partial charge is 0.332 e. The molecule has 2 aromatic carbocycles. The molecule has 8 heteroatoms. The maximum absolute atomic E-state index is 12.5. The first kappa shape index (κ1) is 20.5. The standard InChI is InChI=1S/C23H23N5O3/c1-3-31-22(30)13-20-15(2)12-21(29)28(20)14-16-8-10-17(11-9-16)18-6-4-5-7-19(18)23-24-26-27-25-23/h4-11,13,15H,3,12,14H2,1-2H3,(H,24,25,26,27)/b20-13-. The van der Waals surface area contributed by atoms with Crippen molar-refractivity contribution in [1.29, 1.82) is 0 Å².